The Labute approximate surface area is 124 Å². The van der Waals surface area contributed by atoms with E-state index in [1.165, 1.54) is 4.68 Å². The summed E-state index contributed by atoms with van der Waals surface area (Å²) in [7, 11) is 0. The fraction of sp³-hybridized carbons (Fsp3) is 0.357. The van der Waals surface area contributed by atoms with Crippen molar-refractivity contribution in [2.75, 3.05) is 0 Å². The molecule has 0 aliphatic heterocycles. The van der Waals surface area contributed by atoms with Crippen LogP contribution in [0.15, 0.2) is 30.6 Å². The van der Waals surface area contributed by atoms with E-state index in [4.69, 9.17) is 11.6 Å². The number of nitrogens with one attached hydrogen (secondary N) is 1. The van der Waals surface area contributed by atoms with Crippen LogP contribution in [0.3, 0.4) is 0 Å². The number of alkyl halides is 3. The van der Waals surface area contributed by atoms with Crippen molar-refractivity contribution in [3.05, 3.63) is 46.7 Å². The second-order valence-corrected chi connectivity index (χ2v) is 5.54. The lowest BCUT2D eigenvalue weighted by Crippen LogP contribution is -2.17. The average Bonchev–Trinajstić information content (AvgIpc) is 3.10. The van der Waals surface area contributed by atoms with Gasteiger partial charge in [0.05, 0.1) is 17.4 Å². The normalized spacial score (nSPS) is 15.4. The van der Waals surface area contributed by atoms with E-state index >= 15 is 0 Å². The number of nitrogens with zero attached hydrogens (tertiary/aromatic N) is 2. The summed E-state index contributed by atoms with van der Waals surface area (Å²) in [5.41, 5.74) is 0.651. The van der Waals surface area contributed by atoms with Crippen molar-refractivity contribution >= 4 is 11.6 Å². The van der Waals surface area contributed by atoms with E-state index in [1.807, 2.05) is 6.07 Å². The first kappa shape index (κ1) is 14.4. The molecule has 0 saturated heterocycles. The first-order chi connectivity index (χ1) is 9.93. The van der Waals surface area contributed by atoms with Crippen LogP contribution in [0.1, 0.15) is 24.0 Å². The Kier molecular flexibility index (Phi) is 3.67. The average molecular weight is 316 g/mol. The number of hydrogen-bond donors (Lipinski definition) is 1. The molecule has 0 spiro atoms. The minimum absolute atomic E-state index is 0.462. The predicted molar refractivity (Wildman–Crippen MR) is 73.4 cm³/mol. The summed E-state index contributed by atoms with van der Waals surface area (Å²) in [4.78, 5) is 0. The van der Waals surface area contributed by atoms with Crippen LogP contribution in [0.25, 0.3) is 5.69 Å². The number of benzene rings is 1. The van der Waals surface area contributed by atoms with Gasteiger partial charge in [-0.15, -0.1) is 0 Å². The molecular weight excluding hydrogens is 303 g/mol. The number of hydrogen-bond acceptors (Lipinski definition) is 2. The monoisotopic (exact) mass is 315 g/mol. The highest BCUT2D eigenvalue weighted by molar-refractivity contribution is 6.30. The van der Waals surface area contributed by atoms with Crippen LogP contribution < -0.4 is 5.32 Å². The summed E-state index contributed by atoms with van der Waals surface area (Å²) in [6.45, 7) is 0.582. The lowest BCUT2D eigenvalue weighted by Gasteiger charge is -2.11. The topological polar surface area (TPSA) is 29.9 Å². The molecule has 21 heavy (non-hydrogen) atoms. The molecule has 0 amide bonds. The highest BCUT2D eigenvalue weighted by atomic mass is 35.5. The van der Waals surface area contributed by atoms with Crippen molar-refractivity contribution in [3.63, 3.8) is 0 Å². The summed E-state index contributed by atoms with van der Waals surface area (Å²) in [6.07, 6.45) is -0.319. The van der Waals surface area contributed by atoms with Gasteiger partial charge in [0.2, 0.25) is 0 Å². The summed E-state index contributed by atoms with van der Waals surface area (Å²) in [5, 5.41) is 7.60. The smallest absolute Gasteiger partial charge is 0.310 e. The van der Waals surface area contributed by atoms with Gasteiger partial charge in [0.1, 0.15) is 0 Å². The van der Waals surface area contributed by atoms with Crippen molar-refractivity contribution in [1.29, 1.82) is 0 Å². The third-order valence-electron chi connectivity index (χ3n) is 3.36. The molecule has 0 atom stereocenters. The van der Waals surface area contributed by atoms with Gasteiger partial charge >= 0.3 is 6.18 Å². The van der Waals surface area contributed by atoms with Gasteiger partial charge in [-0.2, -0.15) is 18.3 Å². The first-order valence-corrected chi connectivity index (χ1v) is 6.95. The van der Waals surface area contributed by atoms with Crippen LogP contribution in [0.5, 0.6) is 0 Å². The molecule has 1 aliphatic rings. The van der Waals surface area contributed by atoms with Gasteiger partial charge < -0.3 is 5.32 Å². The minimum atomic E-state index is -4.40. The molecule has 0 radical (unpaired) electrons. The van der Waals surface area contributed by atoms with Gasteiger partial charge in [0.15, 0.2) is 0 Å². The van der Waals surface area contributed by atoms with Gasteiger partial charge in [-0.1, -0.05) is 17.7 Å². The predicted octanol–water partition coefficient (Wildman–Crippen LogP) is 3.80. The van der Waals surface area contributed by atoms with E-state index < -0.39 is 11.7 Å². The molecular formula is C14H13ClF3N3. The van der Waals surface area contributed by atoms with E-state index in [0.29, 0.717) is 23.3 Å². The van der Waals surface area contributed by atoms with Crippen LogP contribution in [0, 0.1) is 0 Å². The zero-order valence-corrected chi connectivity index (χ0v) is 11.7. The molecule has 1 aromatic heterocycles. The van der Waals surface area contributed by atoms with Crippen molar-refractivity contribution in [3.8, 4) is 5.69 Å². The number of aromatic nitrogens is 2. The van der Waals surface area contributed by atoms with Gasteiger partial charge in [0, 0.05) is 23.8 Å². The zero-order valence-electron chi connectivity index (χ0n) is 11.0. The standard InChI is InChI=1S/C14H13ClF3N3/c15-11-2-1-9(6-19-12-3-4-12)13(5-11)21-8-10(7-20-21)14(16,17)18/h1-2,5,7-8,12,19H,3-4,6H2. The molecule has 1 fully saturated rings. The van der Waals surface area contributed by atoms with Crippen molar-refractivity contribution in [1.82, 2.24) is 15.1 Å². The molecule has 7 heteroatoms. The zero-order chi connectivity index (χ0) is 15.0. The second-order valence-electron chi connectivity index (χ2n) is 5.10. The van der Waals surface area contributed by atoms with Crippen molar-refractivity contribution in [2.24, 2.45) is 0 Å². The second kappa shape index (κ2) is 5.35. The van der Waals surface area contributed by atoms with Gasteiger partial charge in [-0.05, 0) is 30.5 Å². The quantitative estimate of drug-likeness (QED) is 0.930. The Balaban J connectivity index is 1.91. The van der Waals surface area contributed by atoms with Crippen molar-refractivity contribution < 1.29 is 13.2 Å². The highest BCUT2D eigenvalue weighted by Gasteiger charge is 2.32. The molecule has 3 nitrogen and oxygen atoms in total. The van der Waals surface area contributed by atoms with Crippen LogP contribution in [0.2, 0.25) is 5.02 Å². The Bertz CT molecular complexity index is 647. The van der Waals surface area contributed by atoms with Crippen LogP contribution in [0.4, 0.5) is 13.2 Å². The molecule has 2 aromatic rings. The van der Waals surface area contributed by atoms with Gasteiger partial charge in [-0.3, -0.25) is 0 Å². The molecule has 3 rings (SSSR count). The maximum absolute atomic E-state index is 12.7. The van der Waals surface area contributed by atoms with Crippen LogP contribution in [-0.2, 0) is 12.7 Å². The maximum atomic E-state index is 12.7. The minimum Gasteiger partial charge on any atom is -0.310 e. The third-order valence-corrected chi connectivity index (χ3v) is 3.60. The van der Waals surface area contributed by atoms with E-state index in [1.54, 1.807) is 12.1 Å². The highest BCUT2D eigenvalue weighted by Crippen LogP contribution is 2.30. The van der Waals surface area contributed by atoms with Crippen LogP contribution >= 0.6 is 11.6 Å². The largest absolute Gasteiger partial charge is 0.419 e. The SMILES string of the molecule is FC(F)(F)c1cnn(-c2cc(Cl)ccc2CNC2CC2)c1. The summed E-state index contributed by atoms with van der Waals surface area (Å²) in [5.74, 6) is 0. The summed E-state index contributed by atoms with van der Waals surface area (Å²) >= 11 is 5.95. The summed E-state index contributed by atoms with van der Waals surface area (Å²) in [6, 6.07) is 5.67. The van der Waals surface area contributed by atoms with E-state index in [2.05, 4.69) is 10.4 Å². The van der Waals surface area contributed by atoms with Gasteiger partial charge in [-0.25, -0.2) is 4.68 Å². The number of halogens is 4. The maximum Gasteiger partial charge on any atom is 0.419 e. The molecule has 0 unspecified atom stereocenters. The molecule has 1 aliphatic carbocycles. The molecule has 1 heterocycles. The lowest BCUT2D eigenvalue weighted by molar-refractivity contribution is -0.137. The third kappa shape index (κ3) is 3.39. The van der Waals surface area contributed by atoms with Crippen LogP contribution in [-0.4, -0.2) is 15.8 Å². The molecule has 1 N–H and O–H groups in total. The Morgan fingerprint density at radius 3 is 2.71 bits per heavy atom. The van der Waals surface area contributed by atoms with Crippen molar-refractivity contribution in [2.45, 2.75) is 31.6 Å². The fourth-order valence-corrected chi connectivity index (χ4v) is 2.21. The van der Waals surface area contributed by atoms with Gasteiger partial charge in [0.25, 0.3) is 0 Å². The molecule has 1 aromatic carbocycles. The molecule has 112 valence electrons. The van der Waals surface area contributed by atoms with E-state index in [0.717, 1.165) is 30.8 Å². The van der Waals surface area contributed by atoms with E-state index in [9.17, 15) is 13.2 Å². The van der Waals surface area contributed by atoms with E-state index in [-0.39, 0.29) is 0 Å². The Hall–Kier alpha value is -1.53. The summed E-state index contributed by atoms with van der Waals surface area (Å²) < 4.78 is 39.2. The molecule has 1 saturated carbocycles. The fourth-order valence-electron chi connectivity index (χ4n) is 2.04. The first-order valence-electron chi connectivity index (χ1n) is 6.57. The lowest BCUT2D eigenvalue weighted by atomic mass is 10.1. The Morgan fingerprint density at radius 1 is 1.33 bits per heavy atom. The molecule has 0 bridgehead atoms. The Morgan fingerprint density at radius 2 is 2.10 bits per heavy atom. The number of rotatable bonds is 4.